The number of nitriles is 2. The molecule has 6 nitrogen and oxygen atoms in total. The Morgan fingerprint density at radius 3 is 2.33 bits per heavy atom. The van der Waals surface area contributed by atoms with E-state index in [-0.39, 0.29) is 18.8 Å². The van der Waals surface area contributed by atoms with Gasteiger partial charge in [-0.25, -0.2) is 4.79 Å². The lowest BCUT2D eigenvalue weighted by atomic mass is 10.0. The number of nitrogens with zero attached hydrogens (tertiary/aromatic N) is 2. The maximum Gasteiger partial charge on any atom is 0.380 e. The Morgan fingerprint density at radius 2 is 1.94 bits per heavy atom. The van der Waals surface area contributed by atoms with Crippen LogP contribution >= 0.6 is 0 Å². The van der Waals surface area contributed by atoms with Crippen LogP contribution in [-0.2, 0) is 19.1 Å². The van der Waals surface area contributed by atoms with Crippen molar-refractivity contribution in [1.29, 1.82) is 10.5 Å². The maximum absolute atomic E-state index is 11.4. The number of hydrogen-bond donors (Lipinski definition) is 0. The molecule has 0 aliphatic heterocycles. The lowest BCUT2D eigenvalue weighted by Crippen LogP contribution is -2.19. The van der Waals surface area contributed by atoms with Crippen molar-refractivity contribution in [3.05, 3.63) is 11.6 Å². The molecule has 0 aliphatic rings. The summed E-state index contributed by atoms with van der Waals surface area (Å²) >= 11 is 0. The quantitative estimate of drug-likeness (QED) is 0.296. The van der Waals surface area contributed by atoms with Crippen LogP contribution in [-0.4, -0.2) is 24.1 Å². The fourth-order valence-corrected chi connectivity index (χ4v) is 1.04. The van der Waals surface area contributed by atoms with Gasteiger partial charge in [0, 0.05) is 0 Å². The molecule has 1 atom stereocenters. The zero-order chi connectivity index (χ0) is 14.1. The van der Waals surface area contributed by atoms with E-state index in [1.807, 2.05) is 0 Å². The van der Waals surface area contributed by atoms with Gasteiger partial charge in [0.15, 0.2) is 0 Å². The highest BCUT2D eigenvalue weighted by atomic mass is 16.5. The summed E-state index contributed by atoms with van der Waals surface area (Å²) in [5.41, 5.74) is -0.421. The van der Waals surface area contributed by atoms with Crippen molar-refractivity contribution in [3.8, 4) is 12.1 Å². The summed E-state index contributed by atoms with van der Waals surface area (Å²) in [4.78, 5) is 33.5. The number of ether oxygens (including phenoxy) is 1. The normalized spacial score (nSPS) is 11.9. The molecule has 6 heteroatoms. The van der Waals surface area contributed by atoms with Crippen LogP contribution in [0.4, 0.5) is 0 Å². The summed E-state index contributed by atoms with van der Waals surface area (Å²) < 4.78 is 4.45. The third kappa shape index (κ3) is 4.58. The van der Waals surface area contributed by atoms with E-state index in [2.05, 4.69) is 4.74 Å². The Hall–Kier alpha value is -2.47. The molecule has 0 fully saturated rings. The molecule has 0 rings (SSSR count). The van der Waals surface area contributed by atoms with E-state index in [0.717, 1.165) is 6.08 Å². The van der Waals surface area contributed by atoms with Gasteiger partial charge in [-0.15, -0.1) is 0 Å². The Bertz CT molecular complexity index is 465. The molecule has 0 aromatic heterocycles. The van der Waals surface area contributed by atoms with Crippen LogP contribution in [0.5, 0.6) is 0 Å². The van der Waals surface area contributed by atoms with E-state index in [4.69, 9.17) is 10.5 Å². The molecule has 0 aromatic rings. The van der Waals surface area contributed by atoms with Gasteiger partial charge in [-0.05, 0) is 20.3 Å². The Kier molecular flexibility index (Phi) is 6.68. The van der Waals surface area contributed by atoms with E-state index in [9.17, 15) is 14.4 Å². The second-order valence-corrected chi connectivity index (χ2v) is 3.31. The summed E-state index contributed by atoms with van der Waals surface area (Å²) in [7, 11) is 0. The lowest BCUT2D eigenvalue weighted by molar-refractivity contribution is -0.151. The molecular weight excluding hydrogens is 236 g/mol. The van der Waals surface area contributed by atoms with Crippen molar-refractivity contribution in [2.75, 3.05) is 6.61 Å². The molecule has 0 bridgehead atoms. The molecule has 0 heterocycles. The summed E-state index contributed by atoms with van der Waals surface area (Å²) in [6.07, 6.45) is 1.02. The molecule has 0 saturated carbocycles. The Morgan fingerprint density at radius 1 is 1.33 bits per heavy atom. The first-order chi connectivity index (χ1) is 8.47. The van der Waals surface area contributed by atoms with Crippen LogP contribution in [0.3, 0.4) is 0 Å². The van der Waals surface area contributed by atoms with Crippen LogP contribution < -0.4 is 0 Å². The molecule has 0 saturated heterocycles. The molecule has 0 N–H and O–H groups in total. The minimum absolute atomic E-state index is 0.0253. The van der Waals surface area contributed by atoms with Gasteiger partial charge in [0.2, 0.25) is 0 Å². The molecule has 0 amide bonds. The highest BCUT2D eigenvalue weighted by Crippen LogP contribution is 2.08. The Labute approximate surface area is 104 Å². The predicted octanol–water partition coefficient (Wildman–Crippen LogP) is 0.687. The van der Waals surface area contributed by atoms with Gasteiger partial charge in [-0.2, -0.15) is 10.5 Å². The standard InChI is InChI=1S/C12H12N2O4/c1-3-18-12(17)11(16)10(7-14)5-4-9(6-13)8(2)15/h5,9H,3-4H2,1-2H3/b10-5+. The zero-order valence-electron chi connectivity index (χ0n) is 10.1. The third-order valence-corrected chi connectivity index (χ3v) is 2.03. The Balaban J connectivity index is 4.85. The molecule has 0 aromatic carbocycles. The average molecular weight is 248 g/mol. The zero-order valence-corrected chi connectivity index (χ0v) is 10.1. The molecule has 18 heavy (non-hydrogen) atoms. The average Bonchev–Trinajstić information content (AvgIpc) is 2.34. The van der Waals surface area contributed by atoms with Gasteiger partial charge in [-0.1, -0.05) is 6.08 Å². The van der Waals surface area contributed by atoms with E-state index in [1.165, 1.54) is 13.8 Å². The summed E-state index contributed by atoms with van der Waals surface area (Å²) in [5, 5.41) is 17.4. The van der Waals surface area contributed by atoms with E-state index in [0.29, 0.717) is 0 Å². The highest BCUT2D eigenvalue weighted by Gasteiger charge is 2.21. The van der Waals surface area contributed by atoms with Gasteiger partial charge in [0.25, 0.3) is 5.78 Å². The minimum atomic E-state index is -1.12. The molecule has 0 spiro atoms. The number of allylic oxidation sites excluding steroid dienone is 1. The van der Waals surface area contributed by atoms with Gasteiger partial charge in [0.05, 0.1) is 12.7 Å². The van der Waals surface area contributed by atoms with Gasteiger partial charge in [-0.3, -0.25) is 9.59 Å². The third-order valence-electron chi connectivity index (χ3n) is 2.03. The predicted molar refractivity (Wildman–Crippen MR) is 59.7 cm³/mol. The first-order valence-electron chi connectivity index (χ1n) is 5.19. The largest absolute Gasteiger partial charge is 0.460 e. The molecular formula is C12H12N2O4. The number of carbonyl (C=O) groups excluding carboxylic acids is 3. The van der Waals surface area contributed by atoms with Gasteiger partial charge in [0.1, 0.15) is 23.3 Å². The van der Waals surface area contributed by atoms with Crippen LogP contribution in [0, 0.1) is 28.6 Å². The first kappa shape index (κ1) is 15.5. The van der Waals surface area contributed by atoms with Crippen molar-refractivity contribution in [2.45, 2.75) is 20.3 Å². The number of ketones is 2. The SMILES string of the molecule is CCOC(=O)C(=O)/C(C#N)=C/CC(C#N)C(C)=O. The number of rotatable bonds is 6. The van der Waals surface area contributed by atoms with Crippen LogP contribution in [0.1, 0.15) is 20.3 Å². The second kappa shape index (κ2) is 7.75. The van der Waals surface area contributed by atoms with Gasteiger partial charge < -0.3 is 4.74 Å². The lowest BCUT2D eigenvalue weighted by Gasteiger charge is -2.01. The van der Waals surface area contributed by atoms with E-state index >= 15 is 0 Å². The molecule has 94 valence electrons. The van der Waals surface area contributed by atoms with Gasteiger partial charge >= 0.3 is 5.97 Å². The molecule has 0 aliphatic carbocycles. The summed E-state index contributed by atoms with van der Waals surface area (Å²) in [6, 6.07) is 3.29. The number of esters is 1. The topological polar surface area (TPSA) is 108 Å². The first-order valence-corrected chi connectivity index (χ1v) is 5.19. The van der Waals surface area contributed by atoms with Crippen molar-refractivity contribution in [2.24, 2.45) is 5.92 Å². The van der Waals surface area contributed by atoms with Crippen molar-refractivity contribution in [3.63, 3.8) is 0 Å². The van der Waals surface area contributed by atoms with Crippen LogP contribution in [0.25, 0.3) is 0 Å². The minimum Gasteiger partial charge on any atom is -0.460 e. The number of hydrogen-bond acceptors (Lipinski definition) is 6. The van der Waals surface area contributed by atoms with Crippen LogP contribution in [0.2, 0.25) is 0 Å². The van der Waals surface area contributed by atoms with Crippen molar-refractivity contribution < 1.29 is 19.1 Å². The number of Topliss-reactive ketones (excluding diaryl/α,β-unsaturated/α-hetero) is 2. The smallest absolute Gasteiger partial charge is 0.380 e. The maximum atomic E-state index is 11.4. The van der Waals surface area contributed by atoms with Crippen molar-refractivity contribution >= 4 is 17.5 Å². The van der Waals surface area contributed by atoms with Crippen LogP contribution in [0.15, 0.2) is 11.6 Å². The fourth-order valence-electron chi connectivity index (χ4n) is 1.04. The summed E-state index contributed by atoms with van der Waals surface area (Å²) in [6.45, 7) is 2.79. The molecule has 0 radical (unpaired) electrons. The summed E-state index contributed by atoms with van der Waals surface area (Å²) in [5.74, 6) is -3.49. The van der Waals surface area contributed by atoms with E-state index < -0.39 is 23.2 Å². The van der Waals surface area contributed by atoms with E-state index in [1.54, 1.807) is 12.1 Å². The molecule has 1 unspecified atom stereocenters. The second-order valence-electron chi connectivity index (χ2n) is 3.31. The number of carbonyl (C=O) groups is 3. The monoisotopic (exact) mass is 248 g/mol. The van der Waals surface area contributed by atoms with Crippen molar-refractivity contribution in [1.82, 2.24) is 0 Å². The highest BCUT2D eigenvalue weighted by molar-refractivity contribution is 6.41. The fraction of sp³-hybridized carbons (Fsp3) is 0.417.